The number of rotatable bonds is 7. The average molecular weight is 468 g/mol. The normalized spacial score (nSPS) is 13.0. The van der Waals surface area contributed by atoms with Crippen molar-refractivity contribution in [3.05, 3.63) is 35.0 Å². The van der Waals surface area contributed by atoms with Gasteiger partial charge in [-0.3, -0.25) is 0 Å². The van der Waals surface area contributed by atoms with Crippen molar-refractivity contribution in [2.24, 2.45) is 20.5 Å². The number of aromatic nitrogens is 6. The van der Waals surface area contributed by atoms with Gasteiger partial charge in [-0.2, -0.15) is 10.2 Å². The number of aryl methyl sites for hydroxylation is 2. The summed E-state index contributed by atoms with van der Waals surface area (Å²) in [5.41, 5.74) is 0.229. The molecule has 0 radical (unpaired) electrons. The third kappa shape index (κ3) is 3.93. The molecule has 0 spiro atoms. The zero-order valence-electron chi connectivity index (χ0n) is 19.4. The molecule has 0 saturated carbocycles. The third-order valence-corrected chi connectivity index (χ3v) is 6.09. The predicted octanol–water partition coefficient (Wildman–Crippen LogP) is 5.22. The smallest absolute Gasteiger partial charge is 0.235 e. The van der Waals surface area contributed by atoms with Crippen molar-refractivity contribution in [1.82, 2.24) is 30.7 Å². The first-order chi connectivity index (χ1) is 16.0. The van der Waals surface area contributed by atoms with Gasteiger partial charge in [-0.05, 0) is 13.8 Å². The van der Waals surface area contributed by atoms with Gasteiger partial charge >= 0.3 is 0 Å². The van der Waals surface area contributed by atoms with Crippen LogP contribution in [0.25, 0.3) is 0 Å². The Balaban J connectivity index is 1.55. The van der Waals surface area contributed by atoms with Crippen LogP contribution in [-0.4, -0.2) is 40.9 Å². The fourth-order valence-corrected chi connectivity index (χ4v) is 3.10. The molecule has 0 aliphatic heterocycles. The molecule has 4 N–H and O–H groups in total. The number of aromatic amines is 2. The SMILES string of the molecule is Cc1n[nH]c(O)c1/N=N/c1cc(C(C)(C)C(C)(C)c2cc(/N=N/c3c(C)n[nH]c3O)no2)on1. The molecule has 34 heavy (non-hydrogen) atoms. The molecule has 0 bridgehead atoms. The van der Waals surface area contributed by atoms with Gasteiger partial charge in [-0.25, -0.2) is 10.2 Å². The Labute approximate surface area is 193 Å². The molecule has 0 atom stereocenters. The molecule has 0 unspecified atom stereocenters. The van der Waals surface area contributed by atoms with E-state index in [1.165, 1.54) is 0 Å². The number of hydrogen-bond acceptors (Lipinski definition) is 12. The zero-order valence-corrected chi connectivity index (χ0v) is 19.4. The van der Waals surface area contributed by atoms with E-state index < -0.39 is 10.8 Å². The molecule has 178 valence electrons. The monoisotopic (exact) mass is 468 g/mol. The van der Waals surface area contributed by atoms with Crippen LogP contribution in [0.4, 0.5) is 23.0 Å². The summed E-state index contributed by atoms with van der Waals surface area (Å²) >= 11 is 0. The first kappa shape index (κ1) is 22.8. The second-order valence-electron chi connectivity index (χ2n) is 8.76. The highest BCUT2D eigenvalue weighted by molar-refractivity contribution is 5.50. The molecule has 14 heteroatoms. The quantitative estimate of drug-likeness (QED) is 0.264. The number of H-pyrrole nitrogens is 2. The second kappa shape index (κ2) is 8.20. The number of nitrogens with one attached hydrogen (secondary N) is 2. The lowest BCUT2D eigenvalue weighted by Crippen LogP contribution is -2.39. The van der Waals surface area contributed by atoms with Gasteiger partial charge in [0.1, 0.15) is 11.5 Å². The van der Waals surface area contributed by atoms with Crippen molar-refractivity contribution in [3.8, 4) is 11.8 Å². The zero-order chi connectivity index (χ0) is 24.7. The Kier molecular flexibility index (Phi) is 5.51. The van der Waals surface area contributed by atoms with Crippen LogP contribution in [0.5, 0.6) is 11.8 Å². The van der Waals surface area contributed by atoms with Gasteiger partial charge < -0.3 is 19.3 Å². The van der Waals surface area contributed by atoms with E-state index in [1.807, 2.05) is 27.7 Å². The van der Waals surface area contributed by atoms with E-state index in [0.717, 1.165) is 0 Å². The van der Waals surface area contributed by atoms with Crippen LogP contribution in [-0.2, 0) is 10.8 Å². The molecule has 0 aliphatic carbocycles. The van der Waals surface area contributed by atoms with Crippen molar-refractivity contribution < 1.29 is 19.3 Å². The van der Waals surface area contributed by atoms with Crippen LogP contribution in [0.15, 0.2) is 41.6 Å². The molecule has 0 amide bonds. The van der Waals surface area contributed by atoms with Crippen molar-refractivity contribution in [2.75, 3.05) is 0 Å². The first-order valence-corrected chi connectivity index (χ1v) is 10.3. The highest BCUT2D eigenvalue weighted by Crippen LogP contribution is 2.45. The highest BCUT2D eigenvalue weighted by atomic mass is 16.5. The van der Waals surface area contributed by atoms with E-state index in [9.17, 15) is 10.2 Å². The molecular formula is C20H24N10O4. The fourth-order valence-electron chi connectivity index (χ4n) is 3.10. The third-order valence-electron chi connectivity index (χ3n) is 6.09. The van der Waals surface area contributed by atoms with Crippen LogP contribution in [0.2, 0.25) is 0 Å². The van der Waals surface area contributed by atoms with Crippen LogP contribution in [0.3, 0.4) is 0 Å². The number of hydrogen-bond donors (Lipinski definition) is 4. The highest BCUT2D eigenvalue weighted by Gasteiger charge is 2.45. The molecule has 4 aromatic heterocycles. The summed E-state index contributed by atoms with van der Waals surface area (Å²) in [5.74, 6) is 1.20. The van der Waals surface area contributed by atoms with Gasteiger partial charge in [0.25, 0.3) is 0 Å². The summed E-state index contributed by atoms with van der Waals surface area (Å²) in [7, 11) is 0. The molecule has 4 rings (SSSR count). The topological polar surface area (TPSA) is 199 Å². The van der Waals surface area contributed by atoms with Gasteiger partial charge in [0.15, 0.2) is 11.4 Å². The number of azo groups is 2. The van der Waals surface area contributed by atoms with Gasteiger partial charge in [0.05, 0.1) is 11.4 Å². The number of aromatic hydroxyl groups is 2. The molecule has 0 aliphatic rings. The minimum Gasteiger partial charge on any atom is -0.492 e. The van der Waals surface area contributed by atoms with Crippen LogP contribution < -0.4 is 0 Å². The first-order valence-electron chi connectivity index (χ1n) is 10.3. The lowest BCUT2D eigenvalue weighted by molar-refractivity contribution is 0.188. The van der Waals surface area contributed by atoms with Gasteiger partial charge in [-0.15, -0.1) is 20.5 Å². The predicted molar refractivity (Wildman–Crippen MR) is 117 cm³/mol. The second-order valence-corrected chi connectivity index (χ2v) is 8.76. The minimum atomic E-state index is -0.616. The minimum absolute atomic E-state index is 0.178. The maximum atomic E-state index is 9.73. The van der Waals surface area contributed by atoms with Gasteiger partial charge in [-0.1, -0.05) is 38.0 Å². The Morgan fingerprint density at radius 1 is 0.706 bits per heavy atom. The summed E-state index contributed by atoms with van der Waals surface area (Å²) in [4.78, 5) is 0. The summed E-state index contributed by atoms with van der Waals surface area (Å²) in [6, 6.07) is 3.33. The molecule has 0 aromatic carbocycles. The van der Waals surface area contributed by atoms with E-state index in [2.05, 4.69) is 51.2 Å². The van der Waals surface area contributed by atoms with Crippen molar-refractivity contribution in [1.29, 1.82) is 0 Å². The molecular weight excluding hydrogens is 444 g/mol. The van der Waals surface area contributed by atoms with E-state index in [4.69, 9.17) is 9.05 Å². The Morgan fingerprint density at radius 2 is 1.09 bits per heavy atom. The van der Waals surface area contributed by atoms with E-state index >= 15 is 0 Å². The molecule has 4 heterocycles. The molecule has 14 nitrogen and oxygen atoms in total. The summed E-state index contributed by atoms with van der Waals surface area (Å²) in [5, 5.41) is 56.0. The van der Waals surface area contributed by atoms with Crippen LogP contribution in [0, 0.1) is 13.8 Å². The fraction of sp³-hybridized carbons (Fsp3) is 0.400. The van der Waals surface area contributed by atoms with Crippen LogP contribution >= 0.6 is 0 Å². The molecule has 4 aromatic rings. The van der Waals surface area contributed by atoms with E-state index in [1.54, 1.807) is 26.0 Å². The lowest BCUT2D eigenvalue weighted by atomic mass is 9.65. The lowest BCUT2D eigenvalue weighted by Gasteiger charge is -2.37. The Hall–Kier alpha value is -4.36. The standard InChI is InChI=1S/C20H24N10O4/c1-9-15(17(31)27-21-9)25-23-13-7-11(33-29-13)19(3,4)20(5,6)12-8-14(30-34-12)24-26-16-10(2)22-28-18(16)32/h7-8H,1-6H3,(H2,21,27,31)(H2,22,28,32)/b25-23+,26-24+. The largest absolute Gasteiger partial charge is 0.492 e. The van der Waals surface area contributed by atoms with Crippen LogP contribution in [0.1, 0.15) is 50.6 Å². The summed E-state index contributed by atoms with van der Waals surface area (Å²) in [6.45, 7) is 11.3. The molecule has 0 saturated heterocycles. The van der Waals surface area contributed by atoms with Crippen molar-refractivity contribution >= 4 is 23.0 Å². The summed E-state index contributed by atoms with van der Waals surface area (Å²) in [6.07, 6.45) is 0. The van der Waals surface area contributed by atoms with Gasteiger partial charge in [0, 0.05) is 23.0 Å². The van der Waals surface area contributed by atoms with Crippen molar-refractivity contribution in [2.45, 2.75) is 52.4 Å². The number of nitrogens with zero attached hydrogens (tertiary/aromatic N) is 8. The maximum Gasteiger partial charge on any atom is 0.235 e. The van der Waals surface area contributed by atoms with Crippen molar-refractivity contribution in [3.63, 3.8) is 0 Å². The van der Waals surface area contributed by atoms with Gasteiger partial charge in [0.2, 0.25) is 23.4 Å². The maximum absolute atomic E-state index is 9.73. The Morgan fingerprint density at radius 3 is 1.41 bits per heavy atom. The Bertz CT molecular complexity index is 1230. The average Bonchev–Trinajstić information content (AvgIpc) is 3.56. The summed E-state index contributed by atoms with van der Waals surface area (Å²) < 4.78 is 11.1. The van der Waals surface area contributed by atoms with E-state index in [-0.39, 0.29) is 34.8 Å². The van der Waals surface area contributed by atoms with E-state index in [0.29, 0.717) is 22.9 Å². The molecule has 0 fully saturated rings.